The quantitative estimate of drug-likeness (QED) is 0.313. The largest absolute Gasteiger partial charge is 0.488 e. The van der Waals surface area contributed by atoms with Gasteiger partial charge in [0.2, 0.25) is 0 Å². The van der Waals surface area contributed by atoms with Crippen molar-refractivity contribution in [2.75, 3.05) is 6.54 Å². The molecular weight excluding hydrogens is 491 g/mol. The van der Waals surface area contributed by atoms with Gasteiger partial charge in [0.1, 0.15) is 23.2 Å². The minimum atomic E-state index is -0.919. The van der Waals surface area contributed by atoms with E-state index in [-0.39, 0.29) is 18.3 Å². The summed E-state index contributed by atoms with van der Waals surface area (Å²) in [6, 6.07) is 16.7. The SMILES string of the molecule is CCC1CN(Cc2cc(C(CC(=O)O)c3ccc4c(nnn4C)c3C)ccc2F)Sc2ccccc2O1. The Bertz CT molecular complexity index is 1460. The van der Waals surface area contributed by atoms with E-state index in [0.29, 0.717) is 18.7 Å². The van der Waals surface area contributed by atoms with Crippen LogP contribution in [0.2, 0.25) is 0 Å². The van der Waals surface area contributed by atoms with E-state index in [2.05, 4.69) is 21.5 Å². The predicted octanol–water partition coefficient (Wildman–Crippen LogP) is 5.70. The Morgan fingerprint density at radius 1 is 1.24 bits per heavy atom. The molecule has 37 heavy (non-hydrogen) atoms. The van der Waals surface area contributed by atoms with Crippen LogP contribution in [0.1, 0.15) is 47.9 Å². The molecule has 1 aromatic heterocycles. The lowest BCUT2D eigenvalue weighted by atomic mass is 9.85. The number of aliphatic carboxylic acids is 1. The number of ether oxygens (including phenoxy) is 1. The van der Waals surface area contributed by atoms with Crippen molar-refractivity contribution in [3.05, 3.63) is 82.7 Å². The van der Waals surface area contributed by atoms with Crippen LogP contribution in [0.5, 0.6) is 5.75 Å². The molecule has 0 aliphatic carbocycles. The third-order valence-electron chi connectivity index (χ3n) is 6.88. The molecule has 0 radical (unpaired) electrons. The molecule has 1 aliphatic heterocycles. The number of aromatic nitrogens is 3. The first-order valence-electron chi connectivity index (χ1n) is 12.3. The summed E-state index contributed by atoms with van der Waals surface area (Å²) >= 11 is 1.56. The maximum Gasteiger partial charge on any atom is 0.304 e. The van der Waals surface area contributed by atoms with Crippen molar-refractivity contribution in [2.45, 2.75) is 50.2 Å². The van der Waals surface area contributed by atoms with E-state index in [1.165, 1.54) is 6.07 Å². The Morgan fingerprint density at radius 2 is 2.05 bits per heavy atom. The minimum absolute atomic E-state index is 0.0106. The van der Waals surface area contributed by atoms with Gasteiger partial charge >= 0.3 is 5.97 Å². The van der Waals surface area contributed by atoms with Crippen LogP contribution in [0.3, 0.4) is 0 Å². The maximum atomic E-state index is 15.1. The van der Waals surface area contributed by atoms with Gasteiger partial charge in [-0.3, -0.25) is 4.79 Å². The van der Waals surface area contributed by atoms with Gasteiger partial charge < -0.3 is 9.84 Å². The number of rotatable bonds is 7. The number of carboxylic acid groups (broad SMARTS) is 1. The van der Waals surface area contributed by atoms with Gasteiger partial charge in [0.25, 0.3) is 0 Å². The Labute approximate surface area is 219 Å². The second-order valence-corrected chi connectivity index (χ2v) is 10.5. The van der Waals surface area contributed by atoms with Crippen LogP contribution in [0.15, 0.2) is 59.5 Å². The number of nitrogens with zero attached hydrogens (tertiary/aromatic N) is 4. The molecule has 2 heterocycles. The Balaban J connectivity index is 1.50. The van der Waals surface area contributed by atoms with E-state index in [9.17, 15) is 9.90 Å². The summed E-state index contributed by atoms with van der Waals surface area (Å²) in [5, 5.41) is 18.1. The van der Waals surface area contributed by atoms with Gasteiger partial charge in [-0.15, -0.1) is 5.10 Å². The number of halogens is 1. The smallest absolute Gasteiger partial charge is 0.304 e. The Kier molecular flexibility index (Phi) is 7.17. The van der Waals surface area contributed by atoms with Gasteiger partial charge in [0.15, 0.2) is 0 Å². The van der Waals surface area contributed by atoms with E-state index >= 15 is 4.39 Å². The maximum absolute atomic E-state index is 15.1. The van der Waals surface area contributed by atoms with E-state index in [1.54, 1.807) is 22.7 Å². The lowest BCUT2D eigenvalue weighted by Crippen LogP contribution is -2.29. The molecule has 5 rings (SSSR count). The van der Waals surface area contributed by atoms with Gasteiger partial charge in [-0.05, 0) is 66.2 Å². The zero-order chi connectivity index (χ0) is 26.1. The number of benzene rings is 3. The monoisotopic (exact) mass is 520 g/mol. The summed E-state index contributed by atoms with van der Waals surface area (Å²) in [6.45, 7) is 5.01. The molecule has 3 aromatic carbocycles. The number of aryl methyl sites for hydroxylation is 2. The third kappa shape index (κ3) is 5.19. The predicted molar refractivity (Wildman–Crippen MR) is 141 cm³/mol. The molecule has 0 saturated heterocycles. The van der Waals surface area contributed by atoms with Crippen LogP contribution in [0, 0.1) is 12.7 Å². The number of hydrogen-bond donors (Lipinski definition) is 1. The van der Waals surface area contributed by atoms with E-state index in [1.807, 2.05) is 56.4 Å². The summed E-state index contributed by atoms with van der Waals surface area (Å²) in [5.41, 5.74) is 4.63. The first-order chi connectivity index (χ1) is 17.8. The van der Waals surface area contributed by atoms with Crippen molar-refractivity contribution >= 4 is 29.0 Å². The van der Waals surface area contributed by atoms with E-state index in [0.717, 1.165) is 44.8 Å². The molecular formula is C28H29FN4O3S. The lowest BCUT2D eigenvalue weighted by molar-refractivity contribution is -0.137. The fraction of sp³-hybridized carbons (Fsp3) is 0.321. The van der Waals surface area contributed by atoms with E-state index in [4.69, 9.17) is 4.74 Å². The average Bonchev–Trinajstić information content (AvgIpc) is 3.16. The van der Waals surface area contributed by atoms with Gasteiger partial charge in [-0.25, -0.2) is 13.4 Å². The molecule has 1 N–H and O–H groups in total. The standard InChI is InChI=1S/C28H29FN4O3S/c1-4-20-16-33(37-26-8-6-5-7-25(26)36-20)15-19-13-18(9-11-23(19)29)22(14-27(34)35)21-10-12-24-28(17(21)2)30-31-32(24)3/h5-13,20,22H,4,14-16H2,1-3H3,(H,34,35). The molecule has 0 amide bonds. The summed E-state index contributed by atoms with van der Waals surface area (Å²) in [4.78, 5) is 12.9. The average molecular weight is 521 g/mol. The zero-order valence-corrected chi connectivity index (χ0v) is 21.8. The van der Waals surface area contributed by atoms with E-state index < -0.39 is 11.9 Å². The first-order valence-corrected chi connectivity index (χ1v) is 13.1. The van der Waals surface area contributed by atoms with Gasteiger partial charge in [0, 0.05) is 31.6 Å². The van der Waals surface area contributed by atoms with Crippen molar-refractivity contribution < 1.29 is 19.0 Å². The minimum Gasteiger partial charge on any atom is -0.488 e. The number of fused-ring (bicyclic) bond motifs is 2. The van der Waals surface area contributed by atoms with Crippen LogP contribution in [-0.2, 0) is 18.4 Å². The van der Waals surface area contributed by atoms with Crippen LogP contribution in [0.25, 0.3) is 11.0 Å². The van der Waals surface area contributed by atoms with Gasteiger partial charge in [-0.1, -0.05) is 42.5 Å². The van der Waals surface area contributed by atoms with Crippen molar-refractivity contribution in [3.63, 3.8) is 0 Å². The van der Waals surface area contributed by atoms with Gasteiger partial charge in [-0.2, -0.15) is 0 Å². The zero-order valence-electron chi connectivity index (χ0n) is 21.0. The highest BCUT2D eigenvalue weighted by Crippen LogP contribution is 2.38. The van der Waals surface area contributed by atoms with Crippen molar-refractivity contribution in [1.29, 1.82) is 0 Å². The first kappa shape index (κ1) is 25.2. The van der Waals surface area contributed by atoms with Crippen LogP contribution in [0.4, 0.5) is 4.39 Å². The molecule has 7 nitrogen and oxygen atoms in total. The third-order valence-corrected chi connectivity index (χ3v) is 7.96. The van der Waals surface area contributed by atoms with Crippen LogP contribution < -0.4 is 4.74 Å². The molecule has 2 unspecified atom stereocenters. The molecule has 4 aromatic rings. The topological polar surface area (TPSA) is 80.5 Å². The molecule has 0 saturated carbocycles. The molecule has 0 bridgehead atoms. The highest BCUT2D eigenvalue weighted by atomic mass is 32.2. The summed E-state index contributed by atoms with van der Waals surface area (Å²) < 4.78 is 25.1. The van der Waals surface area contributed by atoms with Gasteiger partial charge in [0.05, 0.1) is 16.8 Å². The molecule has 9 heteroatoms. The lowest BCUT2D eigenvalue weighted by Gasteiger charge is -2.24. The Hall–Kier alpha value is -3.43. The fourth-order valence-electron chi connectivity index (χ4n) is 4.88. The summed E-state index contributed by atoms with van der Waals surface area (Å²) in [5.74, 6) is -0.844. The fourth-order valence-corrected chi connectivity index (χ4v) is 5.95. The van der Waals surface area contributed by atoms with Crippen molar-refractivity contribution in [1.82, 2.24) is 19.3 Å². The second-order valence-electron chi connectivity index (χ2n) is 9.37. The van der Waals surface area contributed by atoms with Crippen LogP contribution in [-0.4, -0.2) is 43.0 Å². The van der Waals surface area contributed by atoms with Crippen molar-refractivity contribution in [3.8, 4) is 5.75 Å². The molecule has 1 aliphatic rings. The normalized spacial score (nSPS) is 16.7. The summed E-state index contributed by atoms with van der Waals surface area (Å²) in [7, 11) is 1.82. The number of para-hydroxylation sites is 1. The summed E-state index contributed by atoms with van der Waals surface area (Å²) in [6.07, 6.45) is 0.706. The number of carbonyl (C=O) groups is 1. The molecule has 192 valence electrons. The second kappa shape index (κ2) is 10.5. The highest BCUT2D eigenvalue weighted by molar-refractivity contribution is 7.97. The highest BCUT2D eigenvalue weighted by Gasteiger charge is 2.26. The number of carboxylic acids is 1. The van der Waals surface area contributed by atoms with Crippen LogP contribution >= 0.6 is 11.9 Å². The van der Waals surface area contributed by atoms with Crippen molar-refractivity contribution in [2.24, 2.45) is 7.05 Å². The number of hydrogen-bond acceptors (Lipinski definition) is 6. The molecule has 0 fully saturated rings. The molecule has 0 spiro atoms. The molecule has 2 atom stereocenters. The Morgan fingerprint density at radius 3 is 2.84 bits per heavy atom.